The highest BCUT2D eigenvalue weighted by atomic mass is 35.5. The number of hydrogen-bond acceptors (Lipinski definition) is 7. The van der Waals surface area contributed by atoms with Crippen molar-refractivity contribution in [1.29, 1.82) is 0 Å². The number of carbonyl (C=O) groups is 1. The molecule has 0 saturated carbocycles. The summed E-state index contributed by atoms with van der Waals surface area (Å²) in [7, 11) is 0. The summed E-state index contributed by atoms with van der Waals surface area (Å²) in [6.07, 6.45) is 10.7. The number of halogens is 1. The number of pyridine rings is 2. The summed E-state index contributed by atoms with van der Waals surface area (Å²) in [6, 6.07) is 5.72. The first-order valence-corrected chi connectivity index (χ1v) is 10.4. The molecule has 7 nitrogen and oxygen atoms in total. The monoisotopic (exact) mass is 422 g/mol. The molecule has 8 heteroatoms. The molecule has 1 aliphatic heterocycles. The SMILES string of the molecule is O=C(Cc1cc(-c2cncc(NCc3ccncc3)n2)c(Cl)cn1)[C@@H]1CCCNC1. The van der Waals surface area contributed by atoms with E-state index in [1.807, 2.05) is 18.2 Å². The molecule has 0 radical (unpaired) electrons. The van der Waals surface area contributed by atoms with Crippen molar-refractivity contribution >= 4 is 23.2 Å². The van der Waals surface area contributed by atoms with Crippen molar-refractivity contribution in [2.24, 2.45) is 5.92 Å². The molecular formula is C22H23ClN6O. The van der Waals surface area contributed by atoms with Gasteiger partial charge >= 0.3 is 0 Å². The van der Waals surface area contributed by atoms with Crippen molar-refractivity contribution in [3.05, 3.63) is 65.5 Å². The van der Waals surface area contributed by atoms with E-state index in [9.17, 15) is 4.79 Å². The maximum atomic E-state index is 12.6. The zero-order chi connectivity index (χ0) is 20.8. The molecule has 4 heterocycles. The molecule has 1 aliphatic rings. The average molecular weight is 423 g/mol. The lowest BCUT2D eigenvalue weighted by molar-refractivity contribution is -0.122. The summed E-state index contributed by atoms with van der Waals surface area (Å²) in [5.41, 5.74) is 3.14. The van der Waals surface area contributed by atoms with Crippen LogP contribution in [0.2, 0.25) is 5.02 Å². The Morgan fingerprint density at radius 2 is 2.07 bits per heavy atom. The van der Waals surface area contributed by atoms with Crippen molar-refractivity contribution < 1.29 is 4.79 Å². The van der Waals surface area contributed by atoms with Crippen LogP contribution in [0.5, 0.6) is 0 Å². The number of carbonyl (C=O) groups excluding carboxylic acids is 1. The van der Waals surface area contributed by atoms with Crippen LogP contribution in [0, 0.1) is 5.92 Å². The van der Waals surface area contributed by atoms with Gasteiger partial charge in [-0.15, -0.1) is 0 Å². The Kier molecular flexibility index (Phi) is 6.61. The van der Waals surface area contributed by atoms with Gasteiger partial charge in [-0.2, -0.15) is 0 Å². The van der Waals surface area contributed by atoms with Crippen LogP contribution in [0.4, 0.5) is 5.82 Å². The van der Waals surface area contributed by atoms with E-state index < -0.39 is 0 Å². The number of aromatic nitrogens is 4. The summed E-state index contributed by atoms with van der Waals surface area (Å²) < 4.78 is 0. The molecule has 3 aromatic heterocycles. The van der Waals surface area contributed by atoms with Crippen molar-refractivity contribution in [3.63, 3.8) is 0 Å². The van der Waals surface area contributed by atoms with E-state index in [2.05, 4.69) is 30.6 Å². The maximum absolute atomic E-state index is 12.6. The third kappa shape index (κ3) is 5.17. The minimum absolute atomic E-state index is 0.0557. The quantitative estimate of drug-likeness (QED) is 0.603. The number of Topliss-reactive ketones (excluding diaryl/α,β-unsaturated/α-hetero) is 1. The fourth-order valence-electron chi connectivity index (χ4n) is 3.50. The molecule has 0 amide bonds. The second-order valence-electron chi connectivity index (χ2n) is 7.34. The number of ketones is 1. The van der Waals surface area contributed by atoms with Crippen LogP contribution in [0.15, 0.2) is 49.2 Å². The molecule has 0 bridgehead atoms. The summed E-state index contributed by atoms with van der Waals surface area (Å²) >= 11 is 6.39. The average Bonchev–Trinajstić information content (AvgIpc) is 2.80. The number of piperidine rings is 1. The van der Waals surface area contributed by atoms with Gasteiger partial charge in [0.05, 0.1) is 23.1 Å². The van der Waals surface area contributed by atoms with E-state index in [1.165, 1.54) is 0 Å². The number of anilines is 1. The molecule has 154 valence electrons. The Balaban J connectivity index is 1.49. The third-order valence-corrected chi connectivity index (χ3v) is 5.45. The largest absolute Gasteiger partial charge is 0.365 e. The standard InChI is InChI=1S/C22H23ClN6O/c23-19-12-27-17(9-21(30)16-2-1-5-25-11-16)8-18(19)20-13-26-14-22(29-20)28-10-15-3-6-24-7-4-15/h3-4,6-8,12-14,16,25H,1-2,5,9-11H2,(H,28,29)/t16-/m1/s1. The molecule has 1 fully saturated rings. The predicted octanol–water partition coefficient (Wildman–Crippen LogP) is 3.31. The van der Waals surface area contributed by atoms with E-state index in [0.29, 0.717) is 35.2 Å². The molecule has 0 aliphatic carbocycles. The lowest BCUT2D eigenvalue weighted by Gasteiger charge is -2.21. The van der Waals surface area contributed by atoms with Crippen LogP contribution in [0.3, 0.4) is 0 Å². The highest BCUT2D eigenvalue weighted by molar-refractivity contribution is 6.33. The normalized spacial score (nSPS) is 16.2. The van der Waals surface area contributed by atoms with Crippen molar-refractivity contribution in [2.45, 2.75) is 25.8 Å². The van der Waals surface area contributed by atoms with Gasteiger partial charge in [0.1, 0.15) is 11.6 Å². The molecule has 3 aromatic rings. The summed E-state index contributed by atoms with van der Waals surface area (Å²) in [5, 5.41) is 7.02. The summed E-state index contributed by atoms with van der Waals surface area (Å²) in [6.45, 7) is 2.34. The maximum Gasteiger partial charge on any atom is 0.145 e. The first-order chi connectivity index (χ1) is 14.7. The smallest absolute Gasteiger partial charge is 0.145 e. The van der Waals surface area contributed by atoms with Crippen LogP contribution in [-0.2, 0) is 17.8 Å². The van der Waals surface area contributed by atoms with Crippen LogP contribution in [-0.4, -0.2) is 38.8 Å². The van der Waals surface area contributed by atoms with Crippen LogP contribution < -0.4 is 10.6 Å². The second kappa shape index (κ2) is 9.73. The van der Waals surface area contributed by atoms with Gasteiger partial charge in [0, 0.05) is 55.3 Å². The number of nitrogens with zero attached hydrogens (tertiary/aromatic N) is 4. The Labute approximate surface area is 180 Å². The minimum Gasteiger partial charge on any atom is -0.365 e. The number of nitrogens with one attached hydrogen (secondary N) is 2. The number of rotatable bonds is 7. The molecule has 2 N–H and O–H groups in total. The van der Waals surface area contributed by atoms with Crippen molar-refractivity contribution in [3.8, 4) is 11.3 Å². The second-order valence-corrected chi connectivity index (χ2v) is 7.75. The molecule has 0 aromatic carbocycles. The summed E-state index contributed by atoms with van der Waals surface area (Å²) in [5.74, 6) is 0.908. The van der Waals surface area contributed by atoms with Gasteiger partial charge in [-0.1, -0.05) is 11.6 Å². The van der Waals surface area contributed by atoms with E-state index >= 15 is 0 Å². The fraction of sp³-hybridized carbons (Fsp3) is 0.318. The first-order valence-electron chi connectivity index (χ1n) is 10.0. The fourth-order valence-corrected chi connectivity index (χ4v) is 3.70. The highest BCUT2D eigenvalue weighted by Crippen LogP contribution is 2.27. The van der Waals surface area contributed by atoms with E-state index in [4.69, 9.17) is 11.6 Å². The summed E-state index contributed by atoms with van der Waals surface area (Å²) in [4.78, 5) is 29.9. The van der Waals surface area contributed by atoms with Gasteiger partial charge in [-0.25, -0.2) is 4.98 Å². The molecule has 1 saturated heterocycles. The van der Waals surface area contributed by atoms with Crippen molar-refractivity contribution in [1.82, 2.24) is 25.3 Å². The third-order valence-electron chi connectivity index (χ3n) is 5.15. The van der Waals surface area contributed by atoms with Gasteiger partial charge < -0.3 is 10.6 Å². The predicted molar refractivity (Wildman–Crippen MR) is 116 cm³/mol. The van der Waals surface area contributed by atoms with E-state index in [1.54, 1.807) is 31.0 Å². The topological polar surface area (TPSA) is 92.7 Å². The highest BCUT2D eigenvalue weighted by Gasteiger charge is 2.21. The lowest BCUT2D eigenvalue weighted by Crippen LogP contribution is -2.35. The van der Waals surface area contributed by atoms with Gasteiger partial charge in [0.2, 0.25) is 0 Å². The van der Waals surface area contributed by atoms with E-state index in [0.717, 1.165) is 37.1 Å². The minimum atomic E-state index is 0.0557. The van der Waals surface area contributed by atoms with Crippen molar-refractivity contribution in [2.75, 3.05) is 18.4 Å². The van der Waals surface area contributed by atoms with Crippen LogP contribution in [0.1, 0.15) is 24.1 Å². The molecule has 0 spiro atoms. The Bertz CT molecular complexity index is 1010. The van der Waals surface area contributed by atoms with Gasteiger partial charge in [-0.05, 0) is 43.1 Å². The molecule has 4 rings (SSSR count). The first kappa shape index (κ1) is 20.4. The molecule has 30 heavy (non-hydrogen) atoms. The molecular weight excluding hydrogens is 400 g/mol. The Morgan fingerprint density at radius 3 is 2.87 bits per heavy atom. The van der Waals surface area contributed by atoms with E-state index in [-0.39, 0.29) is 11.7 Å². The van der Waals surface area contributed by atoms with Gasteiger partial charge in [0.25, 0.3) is 0 Å². The van der Waals surface area contributed by atoms with Gasteiger partial charge in [0.15, 0.2) is 0 Å². The van der Waals surface area contributed by atoms with Crippen LogP contribution in [0.25, 0.3) is 11.3 Å². The lowest BCUT2D eigenvalue weighted by atomic mass is 9.92. The zero-order valence-corrected chi connectivity index (χ0v) is 17.3. The Hall–Kier alpha value is -2.90. The Morgan fingerprint density at radius 1 is 1.20 bits per heavy atom. The van der Waals surface area contributed by atoms with Gasteiger partial charge in [-0.3, -0.25) is 19.7 Å². The molecule has 0 unspecified atom stereocenters. The van der Waals surface area contributed by atoms with Crippen LogP contribution >= 0.6 is 11.6 Å². The number of hydrogen-bond donors (Lipinski definition) is 2. The molecule has 1 atom stereocenters. The zero-order valence-electron chi connectivity index (χ0n) is 16.5.